The van der Waals surface area contributed by atoms with Crippen LogP contribution in [0.1, 0.15) is 24.5 Å². The molecule has 0 aromatic heterocycles. The number of phenols is 1. The lowest BCUT2D eigenvalue weighted by Crippen LogP contribution is -2.55. The monoisotopic (exact) mass is 515 g/mol. The van der Waals surface area contributed by atoms with Crippen LogP contribution in [0.25, 0.3) is 0 Å². The Morgan fingerprint density at radius 1 is 1.00 bits per heavy atom. The summed E-state index contributed by atoms with van der Waals surface area (Å²) in [6.45, 7) is 1.66. The number of nitrogens with two attached hydrogens (primary N) is 2. The Kier molecular flexibility index (Phi) is 10.7. The second kappa shape index (κ2) is 13.7. The van der Waals surface area contributed by atoms with Gasteiger partial charge in [-0.05, 0) is 41.8 Å². The number of nitrogens with zero attached hydrogens (tertiary/aromatic N) is 3. The van der Waals surface area contributed by atoms with E-state index in [0.29, 0.717) is 17.0 Å². The molecule has 0 radical (unpaired) electrons. The third-order valence-electron chi connectivity index (χ3n) is 5.05. The van der Waals surface area contributed by atoms with E-state index in [-0.39, 0.29) is 24.6 Å². The maximum absolute atomic E-state index is 13.1. The van der Waals surface area contributed by atoms with Gasteiger partial charge in [0.1, 0.15) is 17.8 Å². The number of carbonyl (C=O) groups excluding carboxylic acids is 2. The van der Waals surface area contributed by atoms with Crippen LogP contribution in [-0.2, 0) is 21.8 Å². The number of aliphatic carboxylic acids is 1. The van der Waals surface area contributed by atoms with E-state index in [1.54, 1.807) is 43.3 Å². The highest BCUT2D eigenvalue weighted by molar-refractivity contribution is 7.79. The third kappa shape index (κ3) is 8.91. The van der Waals surface area contributed by atoms with Crippen molar-refractivity contribution >= 4 is 42.2 Å². The van der Waals surface area contributed by atoms with Gasteiger partial charge in [0.05, 0.1) is 11.7 Å². The van der Waals surface area contributed by atoms with Crippen molar-refractivity contribution in [3.05, 3.63) is 59.7 Å². The topological polar surface area (TPSA) is 205 Å². The summed E-state index contributed by atoms with van der Waals surface area (Å²) in [6.07, 6.45) is 0.208. The number of carboxylic acids is 1. The highest BCUT2D eigenvalue weighted by atomic mass is 32.1. The number of carboxylic acid groups (broad SMARTS) is 1. The van der Waals surface area contributed by atoms with Gasteiger partial charge in [-0.1, -0.05) is 36.3 Å². The van der Waals surface area contributed by atoms with Crippen LogP contribution < -0.4 is 22.1 Å². The Morgan fingerprint density at radius 3 is 2.14 bits per heavy atom. The molecular formula is C23H29N7O5S. The van der Waals surface area contributed by atoms with Crippen LogP contribution in [0.15, 0.2) is 63.8 Å². The number of phenolic OH excluding ortho intramolecular Hbond substituents is 1. The average Bonchev–Trinajstić information content (AvgIpc) is 2.85. The number of aliphatic imine (C=N–C) groups is 1. The van der Waals surface area contributed by atoms with Crippen molar-refractivity contribution in [2.75, 3.05) is 0 Å². The van der Waals surface area contributed by atoms with Crippen molar-refractivity contribution in [3.8, 4) is 5.75 Å². The Hall–Kier alpha value is -4.13. The van der Waals surface area contributed by atoms with E-state index in [1.807, 2.05) is 0 Å². The first-order chi connectivity index (χ1) is 17.1. The van der Waals surface area contributed by atoms with Crippen molar-refractivity contribution in [2.24, 2.45) is 26.7 Å². The van der Waals surface area contributed by atoms with Gasteiger partial charge < -0.3 is 32.3 Å². The lowest BCUT2D eigenvalue weighted by Gasteiger charge is -2.24. The summed E-state index contributed by atoms with van der Waals surface area (Å²) in [5, 5.41) is 31.5. The molecule has 0 aliphatic carbocycles. The molecule has 2 aromatic carbocycles. The molecule has 0 aliphatic heterocycles. The summed E-state index contributed by atoms with van der Waals surface area (Å²) in [5.41, 5.74) is 12.8. The standard InChI is InChI=1S/C23H29N7O5S/c1-2-17(26-22(24)25)19(21(33)34)28-20(32)18(11-13-5-9-16(31)10-6-13)27-23(35)30-29-15-7-3-14(12-36)4-8-15/h3-10,17-19,31,36H,2,11-12H2,1H3,(H,27,35)(H,28,32)(H,33,34)(H4,24,25,26). The van der Waals surface area contributed by atoms with Gasteiger partial charge >= 0.3 is 12.0 Å². The van der Waals surface area contributed by atoms with Gasteiger partial charge in [0.2, 0.25) is 5.91 Å². The molecule has 2 rings (SSSR count). The molecule has 0 bridgehead atoms. The van der Waals surface area contributed by atoms with Crippen LogP contribution in [0.5, 0.6) is 5.75 Å². The molecule has 0 saturated heterocycles. The molecule has 3 unspecified atom stereocenters. The first-order valence-electron chi connectivity index (χ1n) is 10.9. The number of aromatic hydroxyl groups is 1. The SMILES string of the molecule is CCC(N=C(N)N)C(NC(=O)C(Cc1ccc(O)cc1)NC(=O)N=Nc1ccc(CS)cc1)C(=O)O. The molecule has 192 valence electrons. The van der Waals surface area contributed by atoms with E-state index in [0.717, 1.165) is 5.56 Å². The Balaban J connectivity index is 2.23. The number of hydrogen-bond donors (Lipinski definition) is 7. The molecule has 2 aromatic rings. The van der Waals surface area contributed by atoms with Gasteiger partial charge in [0.15, 0.2) is 5.96 Å². The first-order valence-corrected chi connectivity index (χ1v) is 11.6. The quantitative estimate of drug-likeness (QED) is 0.102. The van der Waals surface area contributed by atoms with E-state index in [9.17, 15) is 24.6 Å². The second-order valence-corrected chi connectivity index (χ2v) is 8.07. The molecule has 3 atom stereocenters. The maximum atomic E-state index is 13.1. The predicted molar refractivity (Wildman–Crippen MR) is 137 cm³/mol. The summed E-state index contributed by atoms with van der Waals surface area (Å²) in [7, 11) is 0. The van der Waals surface area contributed by atoms with Gasteiger partial charge in [-0.3, -0.25) is 4.79 Å². The molecule has 13 heteroatoms. The number of thiol groups is 1. The van der Waals surface area contributed by atoms with Gasteiger partial charge in [-0.25, -0.2) is 14.6 Å². The van der Waals surface area contributed by atoms with Crippen molar-refractivity contribution in [1.29, 1.82) is 0 Å². The highest BCUT2D eigenvalue weighted by Gasteiger charge is 2.32. The number of azo groups is 1. The zero-order chi connectivity index (χ0) is 26.7. The fourth-order valence-corrected chi connectivity index (χ4v) is 3.41. The van der Waals surface area contributed by atoms with Crippen molar-refractivity contribution in [1.82, 2.24) is 10.6 Å². The normalized spacial score (nSPS) is 13.4. The van der Waals surface area contributed by atoms with Gasteiger partial charge in [0, 0.05) is 12.2 Å². The summed E-state index contributed by atoms with van der Waals surface area (Å²) in [5.74, 6) is -1.89. The number of hydrogen-bond acceptors (Lipinski definition) is 7. The minimum Gasteiger partial charge on any atom is -0.508 e. The minimum atomic E-state index is -1.45. The number of nitrogens with one attached hydrogen (secondary N) is 2. The highest BCUT2D eigenvalue weighted by Crippen LogP contribution is 2.15. The summed E-state index contributed by atoms with van der Waals surface area (Å²) in [6, 6.07) is 8.37. The molecular weight excluding hydrogens is 486 g/mol. The van der Waals surface area contributed by atoms with Gasteiger partial charge in [-0.2, -0.15) is 12.6 Å². The van der Waals surface area contributed by atoms with Crippen molar-refractivity contribution < 1.29 is 24.6 Å². The molecule has 3 amide bonds. The fourth-order valence-electron chi connectivity index (χ4n) is 3.20. The molecule has 36 heavy (non-hydrogen) atoms. The van der Waals surface area contributed by atoms with E-state index in [4.69, 9.17) is 11.5 Å². The molecule has 0 aliphatic rings. The van der Waals surface area contributed by atoms with Crippen molar-refractivity contribution in [3.63, 3.8) is 0 Å². The Bertz CT molecular complexity index is 1100. The largest absolute Gasteiger partial charge is 0.508 e. The molecule has 0 spiro atoms. The Morgan fingerprint density at radius 2 is 1.61 bits per heavy atom. The maximum Gasteiger partial charge on any atom is 0.360 e. The average molecular weight is 516 g/mol. The van der Waals surface area contributed by atoms with Crippen LogP contribution in [0.3, 0.4) is 0 Å². The van der Waals surface area contributed by atoms with Crippen LogP contribution in [0.2, 0.25) is 0 Å². The number of urea groups is 1. The molecule has 8 N–H and O–H groups in total. The summed E-state index contributed by atoms with van der Waals surface area (Å²) >= 11 is 4.18. The van der Waals surface area contributed by atoms with E-state index >= 15 is 0 Å². The summed E-state index contributed by atoms with van der Waals surface area (Å²) in [4.78, 5) is 41.3. The minimum absolute atomic E-state index is 0.0184. The molecule has 12 nitrogen and oxygen atoms in total. The Labute approximate surface area is 213 Å². The number of benzene rings is 2. The van der Waals surface area contributed by atoms with E-state index in [2.05, 4.69) is 38.5 Å². The van der Waals surface area contributed by atoms with Crippen LogP contribution in [-0.4, -0.2) is 52.2 Å². The van der Waals surface area contributed by atoms with Gasteiger partial charge in [0.25, 0.3) is 0 Å². The number of amides is 3. The zero-order valence-corrected chi connectivity index (χ0v) is 20.4. The predicted octanol–water partition coefficient (Wildman–Crippen LogP) is 1.85. The summed E-state index contributed by atoms with van der Waals surface area (Å²) < 4.78 is 0. The molecule has 0 heterocycles. The number of rotatable bonds is 11. The van der Waals surface area contributed by atoms with E-state index < -0.39 is 36.0 Å². The zero-order valence-electron chi connectivity index (χ0n) is 19.5. The van der Waals surface area contributed by atoms with Gasteiger partial charge in [-0.15, -0.1) is 5.11 Å². The second-order valence-electron chi connectivity index (χ2n) is 7.75. The molecule has 0 saturated carbocycles. The van der Waals surface area contributed by atoms with E-state index in [1.165, 1.54) is 12.1 Å². The first kappa shape index (κ1) is 28.1. The van der Waals surface area contributed by atoms with Crippen LogP contribution in [0.4, 0.5) is 10.5 Å². The molecule has 0 fully saturated rings. The third-order valence-corrected chi connectivity index (χ3v) is 5.41. The fraction of sp³-hybridized carbons (Fsp3) is 0.304. The lowest BCUT2D eigenvalue weighted by molar-refractivity contribution is -0.142. The van der Waals surface area contributed by atoms with Crippen LogP contribution in [0, 0.1) is 0 Å². The number of guanidine groups is 1. The van der Waals surface area contributed by atoms with Crippen LogP contribution >= 0.6 is 12.6 Å². The smallest absolute Gasteiger partial charge is 0.360 e. The number of carbonyl (C=O) groups is 3. The lowest BCUT2D eigenvalue weighted by atomic mass is 10.0. The van der Waals surface area contributed by atoms with Crippen molar-refractivity contribution in [2.45, 2.75) is 43.6 Å².